The van der Waals surface area contributed by atoms with Crippen LogP contribution in [0.2, 0.25) is 0 Å². The smallest absolute Gasteiger partial charge is 0.264 e. The number of amides is 1. The van der Waals surface area contributed by atoms with Crippen LogP contribution in [0.1, 0.15) is 35.7 Å². The van der Waals surface area contributed by atoms with Gasteiger partial charge in [0.15, 0.2) is 0 Å². The van der Waals surface area contributed by atoms with E-state index in [1.165, 1.54) is 17.2 Å². The van der Waals surface area contributed by atoms with Crippen LogP contribution in [0.15, 0.2) is 59.8 Å². The number of benzene rings is 1. The van der Waals surface area contributed by atoms with Gasteiger partial charge in [-0.25, -0.2) is 9.37 Å². The summed E-state index contributed by atoms with van der Waals surface area (Å²) in [6.07, 6.45) is 6.08. The Balaban J connectivity index is 1.88. The summed E-state index contributed by atoms with van der Waals surface area (Å²) >= 11 is 0. The average molecular weight is 380 g/mol. The van der Waals surface area contributed by atoms with Gasteiger partial charge in [0, 0.05) is 42.8 Å². The standard InChI is InChI=1S/C21H21FN4O2/c1-2-3-11-26(14-16-7-4-5-9-18(16)22)21(28)17-13-24-19(25-20(17)27)15-8-6-10-23-12-15/h4-10,12-13H,2-3,11,14H2,1H3,(H,24,25,27). The van der Waals surface area contributed by atoms with E-state index in [4.69, 9.17) is 0 Å². The molecule has 0 bridgehead atoms. The minimum atomic E-state index is -0.533. The van der Waals surface area contributed by atoms with Gasteiger partial charge in [0.2, 0.25) is 0 Å². The van der Waals surface area contributed by atoms with Crippen molar-refractivity contribution in [3.8, 4) is 11.4 Å². The summed E-state index contributed by atoms with van der Waals surface area (Å²) in [6, 6.07) is 9.80. The molecule has 0 aliphatic rings. The zero-order valence-electron chi connectivity index (χ0n) is 15.6. The quantitative estimate of drug-likeness (QED) is 0.681. The molecule has 0 spiro atoms. The molecule has 0 aliphatic heterocycles. The summed E-state index contributed by atoms with van der Waals surface area (Å²) < 4.78 is 14.0. The molecule has 0 unspecified atom stereocenters. The second-order valence-electron chi connectivity index (χ2n) is 6.39. The fourth-order valence-electron chi connectivity index (χ4n) is 2.80. The molecule has 0 atom stereocenters. The number of nitrogens with zero attached hydrogens (tertiary/aromatic N) is 3. The summed E-state index contributed by atoms with van der Waals surface area (Å²) in [4.78, 5) is 37.8. The molecule has 3 aromatic rings. The van der Waals surface area contributed by atoms with Crippen LogP contribution in [0.25, 0.3) is 11.4 Å². The molecule has 3 rings (SSSR count). The van der Waals surface area contributed by atoms with Crippen LogP contribution in [-0.2, 0) is 6.54 Å². The summed E-state index contributed by atoms with van der Waals surface area (Å²) in [6.45, 7) is 2.52. The first-order chi connectivity index (χ1) is 13.6. The molecule has 0 saturated carbocycles. The van der Waals surface area contributed by atoms with E-state index in [1.807, 2.05) is 6.92 Å². The lowest BCUT2D eigenvalue weighted by Crippen LogP contribution is -2.35. The molecule has 0 saturated heterocycles. The van der Waals surface area contributed by atoms with Gasteiger partial charge in [0.1, 0.15) is 17.2 Å². The molecule has 2 aromatic heterocycles. The fourth-order valence-corrected chi connectivity index (χ4v) is 2.80. The maximum atomic E-state index is 14.0. The highest BCUT2D eigenvalue weighted by molar-refractivity contribution is 5.93. The van der Waals surface area contributed by atoms with Gasteiger partial charge in [0.05, 0.1) is 0 Å². The molecule has 2 heterocycles. The highest BCUT2D eigenvalue weighted by atomic mass is 19.1. The Bertz CT molecular complexity index is 1000. The maximum absolute atomic E-state index is 14.0. The van der Waals surface area contributed by atoms with E-state index in [0.29, 0.717) is 23.5 Å². The highest BCUT2D eigenvalue weighted by Gasteiger charge is 2.21. The fraction of sp³-hybridized carbons (Fsp3) is 0.238. The van der Waals surface area contributed by atoms with Crippen molar-refractivity contribution in [2.45, 2.75) is 26.3 Å². The van der Waals surface area contributed by atoms with Gasteiger partial charge in [-0.05, 0) is 24.6 Å². The van der Waals surface area contributed by atoms with Crippen LogP contribution in [0.3, 0.4) is 0 Å². The second kappa shape index (κ2) is 9.03. The highest BCUT2D eigenvalue weighted by Crippen LogP contribution is 2.14. The van der Waals surface area contributed by atoms with Gasteiger partial charge < -0.3 is 9.88 Å². The van der Waals surface area contributed by atoms with Crippen molar-refractivity contribution in [2.24, 2.45) is 0 Å². The Hall–Kier alpha value is -3.35. The van der Waals surface area contributed by atoms with Gasteiger partial charge in [-0.15, -0.1) is 0 Å². The molecule has 1 aromatic carbocycles. The van der Waals surface area contributed by atoms with Crippen molar-refractivity contribution in [3.63, 3.8) is 0 Å². The van der Waals surface area contributed by atoms with Crippen LogP contribution in [0.5, 0.6) is 0 Å². The lowest BCUT2D eigenvalue weighted by molar-refractivity contribution is 0.0737. The first kappa shape index (κ1) is 19.4. The Morgan fingerprint density at radius 2 is 2.00 bits per heavy atom. The zero-order valence-corrected chi connectivity index (χ0v) is 15.6. The molecule has 6 nitrogen and oxygen atoms in total. The SMILES string of the molecule is CCCCN(Cc1ccccc1F)C(=O)c1cnc(-c2cccnc2)[nH]c1=O. The van der Waals surface area contributed by atoms with Gasteiger partial charge in [-0.1, -0.05) is 31.5 Å². The van der Waals surface area contributed by atoms with Gasteiger partial charge in [0.25, 0.3) is 11.5 Å². The molecule has 0 radical (unpaired) electrons. The van der Waals surface area contributed by atoms with E-state index in [2.05, 4.69) is 15.0 Å². The average Bonchev–Trinajstić information content (AvgIpc) is 2.72. The Kier molecular flexibility index (Phi) is 6.26. The normalized spacial score (nSPS) is 10.6. The van der Waals surface area contributed by atoms with E-state index >= 15 is 0 Å². The van der Waals surface area contributed by atoms with Crippen LogP contribution in [0, 0.1) is 5.82 Å². The molecule has 7 heteroatoms. The van der Waals surface area contributed by atoms with E-state index in [0.717, 1.165) is 12.8 Å². The lowest BCUT2D eigenvalue weighted by Gasteiger charge is -2.22. The minimum Gasteiger partial charge on any atom is -0.334 e. The number of aromatic nitrogens is 3. The van der Waals surface area contributed by atoms with Crippen molar-refractivity contribution in [1.29, 1.82) is 0 Å². The van der Waals surface area contributed by atoms with E-state index in [-0.39, 0.29) is 17.9 Å². The van der Waals surface area contributed by atoms with Gasteiger partial charge >= 0.3 is 0 Å². The van der Waals surface area contributed by atoms with E-state index in [1.54, 1.807) is 42.7 Å². The summed E-state index contributed by atoms with van der Waals surface area (Å²) in [5.41, 5.74) is 0.449. The van der Waals surface area contributed by atoms with E-state index in [9.17, 15) is 14.0 Å². The molecule has 0 aliphatic carbocycles. The van der Waals surface area contributed by atoms with Crippen LogP contribution >= 0.6 is 0 Å². The summed E-state index contributed by atoms with van der Waals surface area (Å²) in [5.74, 6) is -0.511. The van der Waals surface area contributed by atoms with Crippen LogP contribution in [-0.4, -0.2) is 32.3 Å². The summed E-state index contributed by atoms with van der Waals surface area (Å²) in [5, 5.41) is 0. The number of unbranched alkanes of at least 4 members (excludes halogenated alkanes) is 1. The molecule has 144 valence electrons. The molecular weight excluding hydrogens is 359 g/mol. The monoisotopic (exact) mass is 380 g/mol. The number of halogens is 1. The minimum absolute atomic E-state index is 0.0694. The Morgan fingerprint density at radius 3 is 2.68 bits per heavy atom. The summed E-state index contributed by atoms with van der Waals surface area (Å²) in [7, 11) is 0. The topological polar surface area (TPSA) is 79.0 Å². The molecule has 1 N–H and O–H groups in total. The first-order valence-electron chi connectivity index (χ1n) is 9.12. The third kappa shape index (κ3) is 4.49. The third-order valence-electron chi connectivity index (χ3n) is 4.35. The van der Waals surface area contributed by atoms with Gasteiger partial charge in [-0.3, -0.25) is 14.6 Å². The van der Waals surface area contributed by atoms with Crippen molar-refractivity contribution in [2.75, 3.05) is 6.54 Å². The van der Waals surface area contributed by atoms with Crippen LogP contribution < -0.4 is 5.56 Å². The first-order valence-corrected chi connectivity index (χ1v) is 9.12. The zero-order chi connectivity index (χ0) is 19.9. The Morgan fingerprint density at radius 1 is 1.18 bits per heavy atom. The predicted octanol–water partition coefficient (Wildman–Crippen LogP) is 3.41. The molecule has 28 heavy (non-hydrogen) atoms. The number of hydrogen-bond acceptors (Lipinski definition) is 4. The number of hydrogen-bond donors (Lipinski definition) is 1. The number of rotatable bonds is 7. The number of H-pyrrole nitrogens is 1. The van der Waals surface area contributed by atoms with Crippen molar-refractivity contribution >= 4 is 5.91 Å². The van der Waals surface area contributed by atoms with Crippen molar-refractivity contribution < 1.29 is 9.18 Å². The van der Waals surface area contributed by atoms with Crippen LogP contribution in [0.4, 0.5) is 4.39 Å². The molecular formula is C21H21FN4O2. The molecule has 0 fully saturated rings. The van der Waals surface area contributed by atoms with Crippen molar-refractivity contribution in [3.05, 3.63) is 82.3 Å². The number of pyridine rings is 1. The second-order valence-corrected chi connectivity index (χ2v) is 6.39. The van der Waals surface area contributed by atoms with Gasteiger partial charge in [-0.2, -0.15) is 0 Å². The third-order valence-corrected chi connectivity index (χ3v) is 4.35. The maximum Gasteiger partial charge on any atom is 0.264 e. The number of nitrogens with one attached hydrogen (secondary N) is 1. The van der Waals surface area contributed by atoms with E-state index < -0.39 is 11.5 Å². The van der Waals surface area contributed by atoms with Crippen molar-refractivity contribution in [1.82, 2.24) is 19.9 Å². The number of carbonyl (C=O) groups excluding carboxylic acids is 1. The Labute approximate surface area is 162 Å². The molecule has 1 amide bonds. The largest absolute Gasteiger partial charge is 0.334 e. The predicted molar refractivity (Wildman–Crippen MR) is 104 cm³/mol. The number of aromatic amines is 1. The lowest BCUT2D eigenvalue weighted by atomic mass is 10.1. The number of carbonyl (C=O) groups is 1.